The first kappa shape index (κ1) is 16.5. The van der Waals surface area contributed by atoms with Gasteiger partial charge in [-0.25, -0.2) is 0 Å². The van der Waals surface area contributed by atoms with Crippen molar-refractivity contribution in [3.63, 3.8) is 0 Å². The number of aromatic hydroxyl groups is 1. The summed E-state index contributed by atoms with van der Waals surface area (Å²) in [6, 6.07) is 8.70. The van der Waals surface area contributed by atoms with E-state index in [0.29, 0.717) is 26.0 Å². The van der Waals surface area contributed by atoms with Crippen LogP contribution in [0.25, 0.3) is 0 Å². The molecule has 0 unspecified atom stereocenters. The van der Waals surface area contributed by atoms with E-state index in [9.17, 15) is 9.90 Å². The van der Waals surface area contributed by atoms with Gasteiger partial charge in [-0.15, -0.1) is 0 Å². The number of benzene rings is 2. The van der Waals surface area contributed by atoms with Crippen LogP contribution < -0.4 is 16.9 Å². The van der Waals surface area contributed by atoms with Crippen molar-refractivity contribution in [2.75, 3.05) is 11.1 Å². The molecule has 0 aromatic heterocycles. The summed E-state index contributed by atoms with van der Waals surface area (Å²) in [5.41, 5.74) is 8.43. The van der Waals surface area contributed by atoms with Gasteiger partial charge >= 0.3 is 0 Å². The molecule has 6 nitrogen and oxygen atoms in total. The van der Waals surface area contributed by atoms with Crippen LogP contribution in [0.3, 0.4) is 0 Å². The van der Waals surface area contributed by atoms with Crippen molar-refractivity contribution >= 4 is 60.4 Å². The van der Waals surface area contributed by atoms with E-state index in [1.54, 1.807) is 30.3 Å². The maximum absolute atomic E-state index is 12.6. The average Bonchev–Trinajstić information content (AvgIpc) is 2.56. The zero-order chi connectivity index (χ0) is 17.4. The van der Waals surface area contributed by atoms with E-state index in [2.05, 4.69) is 42.3 Å². The number of phenols is 1. The number of hydrogen-bond acceptors (Lipinski definition) is 6. The third-order valence-corrected chi connectivity index (χ3v) is 4.74. The topological polar surface area (TPSA) is 114 Å². The second kappa shape index (κ2) is 6.29. The van der Waals surface area contributed by atoms with Gasteiger partial charge in [0.1, 0.15) is 5.75 Å². The van der Waals surface area contributed by atoms with Gasteiger partial charge in [-0.1, -0.05) is 0 Å². The molecule has 1 aliphatic carbocycles. The molecule has 8 heteroatoms. The van der Waals surface area contributed by atoms with Crippen LogP contribution in [0.2, 0.25) is 0 Å². The Morgan fingerprint density at radius 2 is 1.79 bits per heavy atom. The number of phenolic OH excluding ortho intramolecular Hbond substituents is 1. The molecule has 122 valence electrons. The SMILES string of the molecule is NN=C1C=C(Br)C(=O)c2c(Nc3ccc(N)cc3)cc(Br)c(O)c21. The second-order valence-electron chi connectivity index (χ2n) is 5.09. The molecule has 0 radical (unpaired) electrons. The number of rotatable bonds is 2. The van der Waals surface area contributed by atoms with Gasteiger partial charge in [0.15, 0.2) is 0 Å². The number of hydrogen-bond donors (Lipinski definition) is 4. The molecule has 0 fully saturated rings. The maximum Gasteiger partial charge on any atom is 0.202 e. The van der Waals surface area contributed by atoms with Gasteiger partial charge in [0.2, 0.25) is 5.78 Å². The van der Waals surface area contributed by atoms with Crippen molar-refractivity contribution in [1.82, 2.24) is 0 Å². The first-order chi connectivity index (χ1) is 11.4. The van der Waals surface area contributed by atoms with Gasteiger partial charge in [0.05, 0.1) is 31.5 Å². The van der Waals surface area contributed by atoms with E-state index in [1.165, 1.54) is 6.08 Å². The molecule has 6 N–H and O–H groups in total. The van der Waals surface area contributed by atoms with Crippen molar-refractivity contribution in [3.05, 3.63) is 56.5 Å². The molecule has 0 saturated carbocycles. The van der Waals surface area contributed by atoms with E-state index in [0.717, 1.165) is 5.69 Å². The minimum Gasteiger partial charge on any atom is -0.506 e. The fraction of sp³-hybridized carbons (Fsp3) is 0. The summed E-state index contributed by atoms with van der Waals surface area (Å²) in [7, 11) is 0. The Balaban J connectivity index is 2.21. The van der Waals surface area contributed by atoms with Gasteiger partial charge in [-0.3, -0.25) is 4.79 Å². The Morgan fingerprint density at radius 1 is 1.12 bits per heavy atom. The highest BCUT2D eigenvalue weighted by atomic mass is 79.9. The summed E-state index contributed by atoms with van der Waals surface area (Å²) in [6.07, 6.45) is 1.48. The molecule has 2 aromatic carbocycles. The number of halogens is 2. The van der Waals surface area contributed by atoms with Crippen LogP contribution in [0.1, 0.15) is 15.9 Å². The Morgan fingerprint density at radius 3 is 2.42 bits per heavy atom. The number of carbonyl (C=O) groups excluding carboxylic acids is 1. The number of nitrogen functional groups attached to an aromatic ring is 1. The molecule has 0 bridgehead atoms. The van der Waals surface area contributed by atoms with Crippen LogP contribution in [-0.2, 0) is 0 Å². The summed E-state index contributed by atoms with van der Waals surface area (Å²) >= 11 is 6.51. The number of carbonyl (C=O) groups is 1. The molecule has 3 rings (SSSR count). The monoisotopic (exact) mass is 450 g/mol. The molecule has 0 aliphatic heterocycles. The van der Waals surface area contributed by atoms with E-state index in [1.807, 2.05) is 0 Å². The Hall–Kier alpha value is -2.32. The first-order valence-corrected chi connectivity index (χ1v) is 8.39. The lowest BCUT2D eigenvalue weighted by Crippen LogP contribution is -2.18. The summed E-state index contributed by atoms with van der Waals surface area (Å²) < 4.78 is 0.723. The highest BCUT2D eigenvalue weighted by molar-refractivity contribution is 9.12. The number of hydrazone groups is 1. The third-order valence-electron chi connectivity index (χ3n) is 3.55. The summed E-state index contributed by atoms with van der Waals surface area (Å²) in [5, 5.41) is 17.2. The van der Waals surface area contributed by atoms with Crippen LogP contribution in [0.4, 0.5) is 17.1 Å². The van der Waals surface area contributed by atoms with E-state index in [4.69, 9.17) is 11.6 Å². The van der Waals surface area contributed by atoms with Gasteiger partial charge in [0, 0.05) is 11.4 Å². The average molecular weight is 452 g/mol. The largest absolute Gasteiger partial charge is 0.506 e. The predicted octanol–water partition coefficient (Wildman–Crippen LogP) is 3.62. The third kappa shape index (κ3) is 2.78. The Labute approximate surface area is 154 Å². The smallest absolute Gasteiger partial charge is 0.202 e. The van der Waals surface area contributed by atoms with Crippen molar-refractivity contribution < 1.29 is 9.90 Å². The number of nitrogens with two attached hydrogens (primary N) is 2. The molecule has 0 atom stereocenters. The summed E-state index contributed by atoms with van der Waals surface area (Å²) in [5.74, 6) is 5.04. The lowest BCUT2D eigenvalue weighted by Gasteiger charge is -2.21. The zero-order valence-electron chi connectivity index (χ0n) is 12.2. The van der Waals surface area contributed by atoms with Gasteiger partial charge in [-0.2, -0.15) is 5.10 Å². The van der Waals surface area contributed by atoms with Crippen LogP contribution in [0, 0.1) is 0 Å². The fourth-order valence-corrected chi connectivity index (χ4v) is 3.27. The molecular weight excluding hydrogens is 440 g/mol. The summed E-state index contributed by atoms with van der Waals surface area (Å²) in [4.78, 5) is 12.6. The lowest BCUT2D eigenvalue weighted by molar-refractivity contribution is 0.104. The van der Waals surface area contributed by atoms with Gasteiger partial charge in [0.25, 0.3) is 0 Å². The predicted molar refractivity (Wildman–Crippen MR) is 102 cm³/mol. The second-order valence-corrected chi connectivity index (χ2v) is 6.80. The van der Waals surface area contributed by atoms with Crippen molar-refractivity contribution in [2.45, 2.75) is 0 Å². The number of ketones is 1. The molecule has 0 amide bonds. The number of nitrogens with one attached hydrogen (secondary N) is 1. The quantitative estimate of drug-likeness (QED) is 0.241. The Bertz CT molecular complexity index is 905. The molecule has 2 aromatic rings. The van der Waals surface area contributed by atoms with E-state index < -0.39 is 0 Å². The molecule has 1 aliphatic rings. The van der Waals surface area contributed by atoms with Gasteiger partial charge in [-0.05, 0) is 68.3 Å². The van der Waals surface area contributed by atoms with Crippen molar-refractivity contribution in [1.29, 1.82) is 0 Å². The number of nitrogens with zero attached hydrogens (tertiary/aromatic N) is 1. The first-order valence-electron chi connectivity index (χ1n) is 6.80. The Kier molecular flexibility index (Phi) is 4.33. The molecule has 0 spiro atoms. The number of fused-ring (bicyclic) bond motifs is 1. The highest BCUT2D eigenvalue weighted by Gasteiger charge is 2.30. The van der Waals surface area contributed by atoms with Crippen LogP contribution in [0.5, 0.6) is 5.75 Å². The van der Waals surface area contributed by atoms with E-state index in [-0.39, 0.29) is 22.7 Å². The number of anilines is 3. The number of allylic oxidation sites excluding steroid dienone is 2. The molecule has 24 heavy (non-hydrogen) atoms. The van der Waals surface area contributed by atoms with Crippen LogP contribution >= 0.6 is 31.9 Å². The fourth-order valence-electron chi connectivity index (χ4n) is 2.42. The normalized spacial score (nSPS) is 15.2. The van der Waals surface area contributed by atoms with E-state index >= 15 is 0 Å². The number of Topliss-reactive ketones (excluding diaryl/α,β-unsaturated/α-hetero) is 1. The molecular formula is C16H12Br2N4O2. The molecule has 0 heterocycles. The van der Waals surface area contributed by atoms with Crippen LogP contribution in [0.15, 0.2) is 50.5 Å². The lowest BCUT2D eigenvalue weighted by atomic mass is 9.91. The van der Waals surface area contributed by atoms with Crippen LogP contribution in [-0.4, -0.2) is 16.6 Å². The maximum atomic E-state index is 12.6. The van der Waals surface area contributed by atoms with Crippen molar-refractivity contribution in [3.8, 4) is 5.75 Å². The van der Waals surface area contributed by atoms with Crippen molar-refractivity contribution in [2.24, 2.45) is 10.9 Å². The minimum atomic E-state index is -0.279. The molecule has 0 saturated heterocycles. The standard InChI is InChI=1S/C16H12Br2N4O2/c17-9-5-11(21-8-3-1-7(19)2-4-8)13-14(16(9)24)12(22-20)6-10(18)15(13)23/h1-6,21,24H,19-20H2. The summed E-state index contributed by atoms with van der Waals surface area (Å²) in [6.45, 7) is 0. The minimum absolute atomic E-state index is 0.0957. The zero-order valence-corrected chi connectivity index (χ0v) is 15.3. The highest BCUT2D eigenvalue weighted by Crippen LogP contribution is 2.41. The van der Waals surface area contributed by atoms with Gasteiger partial charge < -0.3 is 22.0 Å².